The van der Waals surface area contributed by atoms with Crippen LogP contribution in [-0.2, 0) is 15.8 Å². The van der Waals surface area contributed by atoms with Crippen LogP contribution in [0.25, 0.3) is 0 Å². The number of carbonyl (C=O) groups excluding carboxylic acids is 2. The van der Waals surface area contributed by atoms with Gasteiger partial charge in [-0.25, -0.2) is 0 Å². The summed E-state index contributed by atoms with van der Waals surface area (Å²) in [6.07, 6.45) is -4.65. The van der Waals surface area contributed by atoms with Crippen LogP contribution in [0.4, 0.5) is 30.2 Å². The first-order valence-electron chi connectivity index (χ1n) is 8.29. The van der Waals surface area contributed by atoms with Crippen molar-refractivity contribution in [2.45, 2.75) is 32.5 Å². The van der Waals surface area contributed by atoms with Gasteiger partial charge in [0.2, 0.25) is 11.8 Å². The van der Waals surface area contributed by atoms with Crippen LogP contribution in [0, 0.1) is 13.8 Å². The minimum Gasteiger partial charge on any atom is -0.372 e. The molecule has 2 aromatic rings. The Balaban J connectivity index is 1.70. The second-order valence-electron chi connectivity index (χ2n) is 6.51. The fraction of sp³-hybridized carbons (Fsp3) is 0.263. The first-order chi connectivity index (χ1) is 12.6. The van der Waals surface area contributed by atoms with Gasteiger partial charge in [-0.05, 0) is 43.7 Å². The molecule has 0 unspecified atom stereocenters. The number of alkyl halides is 3. The number of carbonyl (C=O) groups is 2. The Morgan fingerprint density at radius 2 is 1.85 bits per heavy atom. The van der Waals surface area contributed by atoms with Crippen molar-refractivity contribution in [1.29, 1.82) is 0 Å². The first kappa shape index (κ1) is 18.8. The third-order valence-corrected chi connectivity index (χ3v) is 4.30. The maximum absolute atomic E-state index is 12.8. The zero-order chi connectivity index (χ0) is 19.8. The molecule has 0 saturated carbocycles. The van der Waals surface area contributed by atoms with Gasteiger partial charge in [0.1, 0.15) is 6.04 Å². The highest BCUT2D eigenvalue weighted by Gasteiger charge is 2.33. The van der Waals surface area contributed by atoms with E-state index in [2.05, 4.69) is 16.0 Å². The minimum atomic E-state index is -4.50. The van der Waals surface area contributed by atoms with Gasteiger partial charge < -0.3 is 16.0 Å². The zero-order valence-corrected chi connectivity index (χ0v) is 14.7. The van der Waals surface area contributed by atoms with Gasteiger partial charge in [0, 0.05) is 5.69 Å². The Labute approximate surface area is 154 Å². The van der Waals surface area contributed by atoms with Gasteiger partial charge in [-0.2, -0.15) is 13.2 Å². The first-order valence-corrected chi connectivity index (χ1v) is 8.29. The molecule has 8 heteroatoms. The van der Waals surface area contributed by atoms with Crippen molar-refractivity contribution in [3.8, 4) is 0 Å². The van der Waals surface area contributed by atoms with E-state index < -0.39 is 23.7 Å². The van der Waals surface area contributed by atoms with Crippen molar-refractivity contribution in [1.82, 2.24) is 0 Å². The summed E-state index contributed by atoms with van der Waals surface area (Å²) in [5, 5.41) is 8.01. The van der Waals surface area contributed by atoms with E-state index in [4.69, 9.17) is 0 Å². The number of hydrogen-bond acceptors (Lipinski definition) is 3. The molecular formula is C19H18F3N3O2. The maximum atomic E-state index is 12.8. The summed E-state index contributed by atoms with van der Waals surface area (Å²) in [4.78, 5) is 24.5. The summed E-state index contributed by atoms with van der Waals surface area (Å²) >= 11 is 0. The Bertz CT molecular complexity index is 910. The molecule has 3 N–H and O–H groups in total. The lowest BCUT2D eigenvalue weighted by atomic mass is 10.1. The van der Waals surface area contributed by atoms with Crippen LogP contribution in [-0.4, -0.2) is 17.9 Å². The predicted octanol–water partition coefficient (Wildman–Crippen LogP) is 4.08. The predicted molar refractivity (Wildman–Crippen MR) is 96.6 cm³/mol. The lowest BCUT2D eigenvalue weighted by molar-refractivity contribution is -0.137. The van der Waals surface area contributed by atoms with Gasteiger partial charge in [0.05, 0.1) is 23.4 Å². The minimum absolute atomic E-state index is 0.0425. The molecule has 0 aliphatic carbocycles. The van der Waals surface area contributed by atoms with Gasteiger partial charge >= 0.3 is 6.18 Å². The van der Waals surface area contributed by atoms with Gasteiger partial charge in [0.25, 0.3) is 0 Å². The SMILES string of the molecule is Cc1ccc(NC(=O)C[C@H]2Nc3ccc(C(F)(F)F)cc3NC2=O)c(C)c1. The summed E-state index contributed by atoms with van der Waals surface area (Å²) in [5.41, 5.74) is 2.14. The Morgan fingerprint density at radius 1 is 1.11 bits per heavy atom. The standard InChI is InChI=1S/C19H18F3N3O2/c1-10-3-5-13(11(2)7-10)24-17(26)9-16-18(27)25-15-8-12(19(20,21)22)4-6-14(15)23-16/h3-8,16,23H,9H2,1-2H3,(H,24,26)(H,25,27)/t16-/m1/s1. The van der Waals surface area contributed by atoms with E-state index in [1.807, 2.05) is 26.0 Å². The molecule has 1 aliphatic rings. The third kappa shape index (κ3) is 4.21. The van der Waals surface area contributed by atoms with Crippen molar-refractivity contribution in [2.75, 3.05) is 16.0 Å². The molecular weight excluding hydrogens is 359 g/mol. The van der Waals surface area contributed by atoms with E-state index in [1.54, 1.807) is 6.07 Å². The third-order valence-electron chi connectivity index (χ3n) is 4.30. The van der Waals surface area contributed by atoms with E-state index in [0.29, 0.717) is 11.4 Å². The number of hydrogen-bond donors (Lipinski definition) is 3. The summed E-state index contributed by atoms with van der Waals surface area (Å²) in [5.74, 6) is -0.928. The second-order valence-corrected chi connectivity index (χ2v) is 6.51. The van der Waals surface area contributed by atoms with Crippen molar-refractivity contribution in [2.24, 2.45) is 0 Å². The average molecular weight is 377 g/mol. The van der Waals surface area contributed by atoms with E-state index in [0.717, 1.165) is 23.3 Å². The quantitative estimate of drug-likeness (QED) is 0.755. The molecule has 2 aromatic carbocycles. The van der Waals surface area contributed by atoms with Crippen LogP contribution in [0.3, 0.4) is 0 Å². The highest BCUT2D eigenvalue weighted by molar-refractivity contribution is 6.06. The van der Waals surface area contributed by atoms with Crippen LogP contribution >= 0.6 is 0 Å². The van der Waals surface area contributed by atoms with Gasteiger partial charge in [-0.3, -0.25) is 9.59 Å². The van der Waals surface area contributed by atoms with Crippen LogP contribution in [0.5, 0.6) is 0 Å². The lowest BCUT2D eigenvalue weighted by Gasteiger charge is -2.27. The molecule has 142 valence electrons. The lowest BCUT2D eigenvalue weighted by Crippen LogP contribution is -2.41. The molecule has 0 saturated heterocycles. The Morgan fingerprint density at radius 3 is 2.52 bits per heavy atom. The number of anilines is 3. The topological polar surface area (TPSA) is 70.2 Å². The Kier molecular flexibility index (Phi) is 4.82. The zero-order valence-electron chi connectivity index (χ0n) is 14.7. The van der Waals surface area contributed by atoms with Gasteiger partial charge in [-0.1, -0.05) is 17.7 Å². The molecule has 0 bridgehead atoms. The molecule has 0 aromatic heterocycles. The molecule has 1 atom stereocenters. The van der Waals surface area contributed by atoms with E-state index >= 15 is 0 Å². The van der Waals surface area contributed by atoms with Crippen LogP contribution in [0.15, 0.2) is 36.4 Å². The normalized spacial score (nSPS) is 16.2. The molecule has 0 radical (unpaired) electrons. The maximum Gasteiger partial charge on any atom is 0.416 e. The summed E-state index contributed by atoms with van der Waals surface area (Å²) in [6.45, 7) is 3.80. The van der Waals surface area contributed by atoms with Crippen molar-refractivity contribution in [3.05, 3.63) is 53.1 Å². The average Bonchev–Trinajstić information content (AvgIpc) is 2.57. The molecule has 5 nitrogen and oxygen atoms in total. The van der Waals surface area contributed by atoms with Crippen LogP contribution in [0.1, 0.15) is 23.1 Å². The summed E-state index contributed by atoms with van der Waals surface area (Å²) in [7, 11) is 0. The number of aryl methyl sites for hydroxylation is 2. The molecule has 27 heavy (non-hydrogen) atoms. The van der Waals surface area contributed by atoms with Gasteiger partial charge in [-0.15, -0.1) is 0 Å². The molecule has 0 fully saturated rings. The smallest absolute Gasteiger partial charge is 0.372 e. The fourth-order valence-corrected chi connectivity index (χ4v) is 2.91. The number of amides is 2. The highest BCUT2D eigenvalue weighted by Crippen LogP contribution is 2.35. The van der Waals surface area contributed by atoms with E-state index in [9.17, 15) is 22.8 Å². The second kappa shape index (κ2) is 6.94. The van der Waals surface area contributed by atoms with Crippen LogP contribution < -0.4 is 16.0 Å². The molecule has 1 aliphatic heterocycles. The number of rotatable bonds is 3. The largest absolute Gasteiger partial charge is 0.416 e. The summed E-state index contributed by atoms with van der Waals surface area (Å²) in [6, 6.07) is 7.73. The summed E-state index contributed by atoms with van der Waals surface area (Å²) < 4.78 is 38.3. The van der Waals surface area contributed by atoms with Crippen molar-refractivity contribution < 1.29 is 22.8 Å². The monoisotopic (exact) mass is 377 g/mol. The molecule has 2 amide bonds. The van der Waals surface area contributed by atoms with Crippen molar-refractivity contribution >= 4 is 28.9 Å². The van der Waals surface area contributed by atoms with Gasteiger partial charge in [0.15, 0.2) is 0 Å². The van der Waals surface area contributed by atoms with Crippen LogP contribution in [0.2, 0.25) is 0 Å². The van der Waals surface area contributed by atoms with Crippen molar-refractivity contribution in [3.63, 3.8) is 0 Å². The molecule has 0 spiro atoms. The number of halogens is 3. The van der Waals surface area contributed by atoms with E-state index in [1.165, 1.54) is 6.07 Å². The Hall–Kier alpha value is -3.03. The van der Waals surface area contributed by atoms with E-state index in [-0.39, 0.29) is 18.0 Å². The number of nitrogens with one attached hydrogen (secondary N) is 3. The highest BCUT2D eigenvalue weighted by atomic mass is 19.4. The molecule has 1 heterocycles. The number of fused-ring (bicyclic) bond motifs is 1. The molecule has 3 rings (SSSR count). The fourth-order valence-electron chi connectivity index (χ4n) is 2.91. The number of benzene rings is 2.